The fourth-order valence-corrected chi connectivity index (χ4v) is 8.21. The van der Waals surface area contributed by atoms with Crippen molar-refractivity contribution in [2.45, 2.75) is 129 Å². The Morgan fingerprint density at radius 3 is 1.22 bits per heavy atom. The maximum Gasteiger partial charge on any atom is 0.187 e. The Balaban J connectivity index is 3.50. The van der Waals surface area contributed by atoms with Crippen molar-refractivity contribution in [1.29, 1.82) is 0 Å². The highest BCUT2D eigenvalue weighted by atomic mass is 28.4. The van der Waals surface area contributed by atoms with E-state index in [1.807, 2.05) is 0 Å². The van der Waals surface area contributed by atoms with Crippen molar-refractivity contribution < 1.29 is 26.9 Å². The lowest BCUT2D eigenvalue weighted by atomic mass is 9.99. The zero-order chi connectivity index (χ0) is 25.3. The van der Waals surface area contributed by atoms with Gasteiger partial charge in [-0.15, -0.1) is 0 Å². The summed E-state index contributed by atoms with van der Waals surface area (Å²) < 4.78 is 39.9. The Morgan fingerprint density at radius 2 is 0.844 bits per heavy atom. The van der Waals surface area contributed by atoms with Crippen LogP contribution in [-0.2, 0) is 26.9 Å². The molecule has 0 N–H and O–H groups in total. The van der Waals surface area contributed by atoms with E-state index in [4.69, 9.17) is 26.9 Å². The van der Waals surface area contributed by atoms with E-state index in [9.17, 15) is 0 Å². The van der Waals surface area contributed by atoms with Crippen molar-refractivity contribution in [1.82, 2.24) is 0 Å². The molecule has 1 heterocycles. The minimum atomic E-state index is -1.92. The fraction of sp³-hybridized carbons (Fsp3) is 1.00. The molecule has 0 spiro atoms. The summed E-state index contributed by atoms with van der Waals surface area (Å²) >= 11 is 0. The molecule has 5 atom stereocenters. The highest BCUT2D eigenvalue weighted by Crippen LogP contribution is 2.35. The summed E-state index contributed by atoms with van der Waals surface area (Å²) in [6.07, 6.45) is -1.54. The lowest BCUT2D eigenvalue weighted by Gasteiger charge is -2.51. The van der Waals surface area contributed by atoms with Crippen LogP contribution in [-0.4, -0.2) is 78.9 Å². The summed E-state index contributed by atoms with van der Waals surface area (Å²) in [5, 5.41) is 0. The van der Waals surface area contributed by atoms with Gasteiger partial charge in [0.1, 0.15) is 24.4 Å². The Hall–Kier alpha value is 0.844. The summed E-state index contributed by atoms with van der Waals surface area (Å²) in [7, 11) is -9.37. The lowest BCUT2D eigenvalue weighted by Crippen LogP contribution is -2.67. The second-order valence-electron chi connectivity index (χ2n) is 13.8. The molecule has 0 saturated carbocycles. The number of hydrogen-bond acceptors (Lipinski definition) is 6. The predicted octanol–water partition coefficient (Wildman–Crippen LogP) is 6.07. The molecule has 0 aromatic rings. The van der Waals surface area contributed by atoms with E-state index in [2.05, 4.69) is 98.2 Å². The first-order valence-electron chi connectivity index (χ1n) is 12.0. The molecule has 1 fully saturated rings. The van der Waals surface area contributed by atoms with Crippen LogP contribution in [0.25, 0.3) is 0 Å². The molecule has 11 heteroatoms. The van der Waals surface area contributed by atoms with Crippen molar-refractivity contribution in [2.24, 2.45) is 0 Å². The van der Waals surface area contributed by atoms with Gasteiger partial charge in [-0.2, -0.15) is 0 Å². The smallest absolute Gasteiger partial charge is 0.187 e. The lowest BCUT2D eigenvalue weighted by molar-refractivity contribution is -0.268. The minimum Gasteiger partial charge on any atom is -0.415 e. The van der Waals surface area contributed by atoms with Crippen LogP contribution in [0.5, 0.6) is 0 Å². The predicted molar refractivity (Wildman–Crippen MR) is 147 cm³/mol. The Labute approximate surface area is 203 Å². The van der Waals surface area contributed by atoms with Gasteiger partial charge in [0, 0.05) is 0 Å². The normalized spacial score (nSPS) is 28.8. The van der Waals surface area contributed by atoms with Crippen LogP contribution >= 0.6 is 0 Å². The number of rotatable bonds is 11. The van der Waals surface area contributed by atoms with E-state index in [-0.39, 0.29) is 24.4 Å². The van der Waals surface area contributed by atoms with E-state index in [1.165, 1.54) is 0 Å². The Kier molecular flexibility index (Phi) is 10.5. The van der Waals surface area contributed by atoms with E-state index in [1.54, 1.807) is 0 Å². The van der Waals surface area contributed by atoms with Gasteiger partial charge in [0.05, 0.1) is 6.61 Å². The molecule has 192 valence electrons. The van der Waals surface area contributed by atoms with Gasteiger partial charge < -0.3 is 26.9 Å². The molecular formula is C21H52O6Si5. The van der Waals surface area contributed by atoms with Gasteiger partial charge in [-0.3, -0.25) is 0 Å². The number of hydrogen-bond donors (Lipinski definition) is 0. The quantitative estimate of drug-likeness (QED) is 0.296. The first-order chi connectivity index (χ1) is 14.0. The largest absolute Gasteiger partial charge is 0.415 e. The summed E-state index contributed by atoms with van der Waals surface area (Å²) in [5.74, 6) is 0. The van der Waals surface area contributed by atoms with Crippen molar-refractivity contribution >= 4 is 41.6 Å². The molecule has 0 unspecified atom stereocenters. The van der Waals surface area contributed by atoms with Crippen LogP contribution in [0.1, 0.15) is 0 Å². The molecule has 32 heavy (non-hydrogen) atoms. The maximum absolute atomic E-state index is 6.85. The molecule has 0 aliphatic carbocycles. The van der Waals surface area contributed by atoms with Crippen molar-refractivity contribution in [2.75, 3.05) is 6.61 Å². The Morgan fingerprint density at radius 1 is 0.469 bits per heavy atom. The van der Waals surface area contributed by atoms with Gasteiger partial charge in [-0.05, 0) is 98.2 Å². The molecule has 1 saturated heterocycles. The standard InChI is InChI=1S/C21H52O6Si5/c1-28(2,3)22-16-17-18(24-29(4,5)6)19(25-30(7,8)9)20(26-31(10,11)12)21(23-17)27-32(13,14)15/h17-21H,16H2,1-15H3/t17-,18-,19-,20+,21-/m1/s1. The summed E-state index contributed by atoms with van der Waals surface area (Å²) in [5.41, 5.74) is 0. The molecule has 1 rings (SSSR count). The second-order valence-corrected chi connectivity index (χ2v) is 36.1. The van der Waals surface area contributed by atoms with Gasteiger partial charge in [0.15, 0.2) is 47.9 Å². The van der Waals surface area contributed by atoms with E-state index in [0.717, 1.165) is 0 Å². The molecule has 0 radical (unpaired) electrons. The van der Waals surface area contributed by atoms with E-state index < -0.39 is 47.9 Å². The third-order valence-corrected chi connectivity index (χ3v) is 9.12. The van der Waals surface area contributed by atoms with Crippen LogP contribution in [0.3, 0.4) is 0 Å². The molecule has 0 aromatic carbocycles. The monoisotopic (exact) mass is 540 g/mol. The molecule has 0 amide bonds. The molecule has 0 aromatic heterocycles. The third kappa shape index (κ3) is 12.5. The van der Waals surface area contributed by atoms with Gasteiger partial charge in [0.2, 0.25) is 0 Å². The zero-order valence-electron chi connectivity index (χ0n) is 23.5. The van der Waals surface area contributed by atoms with Crippen molar-refractivity contribution in [3.8, 4) is 0 Å². The van der Waals surface area contributed by atoms with Gasteiger partial charge in [-0.25, -0.2) is 0 Å². The SMILES string of the molecule is C[Si](C)(C)OC[C@H]1O[C@H](O[Si](C)(C)C)[C@@H](O[Si](C)(C)C)[C@H](O[Si](C)(C)C)[C@@H]1O[Si](C)(C)C. The highest BCUT2D eigenvalue weighted by Gasteiger charge is 2.52. The maximum atomic E-state index is 6.85. The van der Waals surface area contributed by atoms with Gasteiger partial charge >= 0.3 is 0 Å². The first-order valence-corrected chi connectivity index (χ1v) is 29.0. The Bertz CT molecular complexity index is 586. The van der Waals surface area contributed by atoms with Crippen LogP contribution in [0.4, 0.5) is 0 Å². The van der Waals surface area contributed by atoms with E-state index in [0.29, 0.717) is 6.61 Å². The summed E-state index contributed by atoms with van der Waals surface area (Å²) in [6, 6.07) is 0. The number of ether oxygens (including phenoxy) is 1. The van der Waals surface area contributed by atoms with Crippen LogP contribution in [0.15, 0.2) is 0 Å². The topological polar surface area (TPSA) is 55.4 Å². The van der Waals surface area contributed by atoms with Crippen molar-refractivity contribution in [3.05, 3.63) is 0 Å². The van der Waals surface area contributed by atoms with Crippen LogP contribution in [0.2, 0.25) is 98.2 Å². The average molecular weight is 541 g/mol. The average Bonchev–Trinajstić information content (AvgIpc) is 2.45. The minimum absolute atomic E-state index is 0.243. The molecule has 1 aliphatic heterocycles. The fourth-order valence-electron chi connectivity index (χ4n) is 3.41. The van der Waals surface area contributed by atoms with Gasteiger partial charge in [0.25, 0.3) is 0 Å². The zero-order valence-corrected chi connectivity index (χ0v) is 28.5. The summed E-state index contributed by atoms with van der Waals surface area (Å²) in [6.45, 7) is 33.6. The van der Waals surface area contributed by atoms with Crippen LogP contribution < -0.4 is 0 Å². The van der Waals surface area contributed by atoms with Gasteiger partial charge in [-0.1, -0.05) is 0 Å². The highest BCUT2D eigenvalue weighted by molar-refractivity contribution is 6.71. The first kappa shape index (κ1) is 30.9. The summed E-state index contributed by atoms with van der Waals surface area (Å²) in [4.78, 5) is 0. The second kappa shape index (κ2) is 10.8. The molecular weight excluding hydrogens is 489 g/mol. The third-order valence-electron chi connectivity index (χ3n) is 4.21. The molecule has 6 nitrogen and oxygen atoms in total. The molecule has 0 bridgehead atoms. The van der Waals surface area contributed by atoms with E-state index >= 15 is 0 Å². The van der Waals surface area contributed by atoms with Crippen LogP contribution in [0, 0.1) is 0 Å². The van der Waals surface area contributed by atoms with Crippen molar-refractivity contribution in [3.63, 3.8) is 0 Å². The molecule has 1 aliphatic rings.